The number of rotatable bonds is 8. The van der Waals surface area contributed by atoms with Crippen LogP contribution in [0.15, 0.2) is 42.5 Å². The summed E-state index contributed by atoms with van der Waals surface area (Å²) >= 11 is 0. The minimum Gasteiger partial charge on any atom is -0.486 e. The lowest BCUT2D eigenvalue weighted by Crippen LogP contribution is -2.32. The van der Waals surface area contributed by atoms with Crippen LogP contribution in [-0.2, 0) is 14.8 Å². The first-order chi connectivity index (χ1) is 14.7. The Hall–Kier alpha value is -2.58. The summed E-state index contributed by atoms with van der Waals surface area (Å²) in [5.41, 5.74) is 3.09. The number of ether oxygens (including phenoxy) is 2. The van der Waals surface area contributed by atoms with E-state index in [4.69, 9.17) is 9.47 Å². The maximum absolute atomic E-state index is 13.1. The number of aryl methyl sites for hydroxylation is 2. The van der Waals surface area contributed by atoms with Crippen molar-refractivity contribution in [3.8, 4) is 5.75 Å². The Kier molecular flexibility index (Phi) is 7.23. The number of sulfonamides is 1. The van der Waals surface area contributed by atoms with Crippen molar-refractivity contribution < 1.29 is 22.7 Å². The zero-order chi connectivity index (χ0) is 22.6. The third-order valence-corrected chi connectivity index (χ3v) is 6.79. The normalized spacial score (nSPS) is 18.8. The number of hydrogen-bond donors (Lipinski definition) is 1. The molecule has 1 fully saturated rings. The number of anilines is 1. The Bertz CT molecular complexity index is 1040. The maximum atomic E-state index is 13.1. The number of hydrogen-bond acceptors (Lipinski definition) is 5. The zero-order valence-electron chi connectivity index (χ0n) is 18.4. The van der Waals surface area contributed by atoms with E-state index in [-0.39, 0.29) is 23.9 Å². The van der Waals surface area contributed by atoms with Crippen molar-refractivity contribution >= 4 is 21.6 Å². The minimum absolute atomic E-state index is 0.0459. The molecule has 1 aliphatic heterocycles. The second-order valence-electron chi connectivity index (χ2n) is 7.91. The van der Waals surface area contributed by atoms with Gasteiger partial charge in [0, 0.05) is 18.7 Å². The van der Waals surface area contributed by atoms with Crippen LogP contribution in [0, 0.1) is 13.8 Å². The van der Waals surface area contributed by atoms with E-state index in [1.54, 1.807) is 36.3 Å². The summed E-state index contributed by atoms with van der Waals surface area (Å²) in [6, 6.07) is 12.7. The Morgan fingerprint density at radius 3 is 2.58 bits per heavy atom. The number of carbonyl (C=O) groups is 1. The number of benzene rings is 2. The lowest BCUT2D eigenvalue weighted by atomic mass is 10.0. The standard InChI is InChI=1S/C23H30N2O5S/c1-5-11-31(27,28)24-18-7-6-8-19(13-18)30-22-15-25(14-21(22)29-4)23(26)20-12-16(2)9-10-17(20)3/h6-10,12-13,21-22,24H,5,11,14-15H2,1-4H3. The van der Waals surface area contributed by atoms with E-state index < -0.39 is 10.0 Å². The molecule has 1 amide bonds. The molecule has 2 unspecified atom stereocenters. The molecule has 0 spiro atoms. The average Bonchev–Trinajstić information content (AvgIpc) is 3.12. The van der Waals surface area contributed by atoms with Crippen LogP contribution in [0.2, 0.25) is 0 Å². The molecule has 7 nitrogen and oxygen atoms in total. The van der Waals surface area contributed by atoms with Crippen molar-refractivity contribution in [2.24, 2.45) is 0 Å². The molecule has 1 N–H and O–H groups in total. The SMILES string of the molecule is CCCS(=O)(=O)Nc1cccc(OC2CN(C(=O)c3cc(C)ccc3C)CC2OC)c1. The first kappa shape index (κ1) is 23.1. The topological polar surface area (TPSA) is 84.9 Å². The average molecular weight is 447 g/mol. The quantitative estimate of drug-likeness (QED) is 0.672. The van der Waals surface area contributed by atoms with E-state index in [0.29, 0.717) is 36.5 Å². The number of carbonyl (C=O) groups excluding carboxylic acids is 1. The first-order valence-electron chi connectivity index (χ1n) is 10.4. The molecule has 3 rings (SSSR count). The molecule has 1 saturated heterocycles. The highest BCUT2D eigenvalue weighted by Crippen LogP contribution is 2.25. The fraction of sp³-hybridized carbons (Fsp3) is 0.435. The summed E-state index contributed by atoms with van der Waals surface area (Å²) in [6.45, 7) is 6.52. The van der Waals surface area contributed by atoms with Gasteiger partial charge in [-0.2, -0.15) is 0 Å². The van der Waals surface area contributed by atoms with Crippen molar-refractivity contribution in [1.29, 1.82) is 0 Å². The molecule has 8 heteroatoms. The van der Waals surface area contributed by atoms with Gasteiger partial charge in [-0.05, 0) is 44.0 Å². The van der Waals surface area contributed by atoms with Gasteiger partial charge in [0.2, 0.25) is 10.0 Å². The molecule has 1 heterocycles. The zero-order valence-corrected chi connectivity index (χ0v) is 19.2. The first-order valence-corrected chi connectivity index (χ1v) is 12.0. The highest BCUT2D eigenvalue weighted by molar-refractivity contribution is 7.92. The van der Waals surface area contributed by atoms with Crippen LogP contribution in [0.3, 0.4) is 0 Å². The predicted octanol–water partition coefficient (Wildman–Crippen LogP) is 3.37. The molecule has 31 heavy (non-hydrogen) atoms. The molecular weight excluding hydrogens is 416 g/mol. The van der Waals surface area contributed by atoms with Crippen LogP contribution >= 0.6 is 0 Å². The number of nitrogens with one attached hydrogen (secondary N) is 1. The van der Waals surface area contributed by atoms with E-state index >= 15 is 0 Å². The van der Waals surface area contributed by atoms with Gasteiger partial charge in [0.1, 0.15) is 18.0 Å². The van der Waals surface area contributed by atoms with E-state index in [2.05, 4.69) is 4.72 Å². The van der Waals surface area contributed by atoms with Crippen LogP contribution in [0.4, 0.5) is 5.69 Å². The number of nitrogens with zero attached hydrogens (tertiary/aromatic N) is 1. The Balaban J connectivity index is 1.73. The van der Waals surface area contributed by atoms with Crippen molar-refractivity contribution in [1.82, 2.24) is 4.90 Å². The summed E-state index contributed by atoms with van der Waals surface area (Å²) in [7, 11) is -1.79. The van der Waals surface area contributed by atoms with E-state index in [1.165, 1.54) is 0 Å². The molecule has 2 atom stereocenters. The predicted molar refractivity (Wildman–Crippen MR) is 121 cm³/mol. The smallest absolute Gasteiger partial charge is 0.254 e. The Morgan fingerprint density at radius 1 is 1.13 bits per heavy atom. The Morgan fingerprint density at radius 2 is 1.87 bits per heavy atom. The van der Waals surface area contributed by atoms with Gasteiger partial charge in [0.15, 0.2) is 0 Å². The van der Waals surface area contributed by atoms with Crippen LogP contribution in [0.25, 0.3) is 0 Å². The highest BCUT2D eigenvalue weighted by atomic mass is 32.2. The van der Waals surface area contributed by atoms with Gasteiger partial charge in [-0.25, -0.2) is 8.42 Å². The van der Waals surface area contributed by atoms with Crippen LogP contribution in [0.1, 0.15) is 34.8 Å². The molecule has 2 aromatic rings. The van der Waals surface area contributed by atoms with Gasteiger partial charge in [-0.3, -0.25) is 9.52 Å². The molecule has 168 valence electrons. The van der Waals surface area contributed by atoms with Gasteiger partial charge >= 0.3 is 0 Å². The second-order valence-corrected chi connectivity index (χ2v) is 9.75. The summed E-state index contributed by atoms with van der Waals surface area (Å²) < 4.78 is 38.3. The molecular formula is C23H30N2O5S. The monoisotopic (exact) mass is 446 g/mol. The van der Waals surface area contributed by atoms with Gasteiger partial charge in [0.25, 0.3) is 5.91 Å². The molecule has 2 aromatic carbocycles. The highest BCUT2D eigenvalue weighted by Gasteiger charge is 2.37. The van der Waals surface area contributed by atoms with E-state index in [1.807, 2.05) is 39.0 Å². The van der Waals surface area contributed by atoms with Crippen LogP contribution in [0.5, 0.6) is 5.75 Å². The van der Waals surface area contributed by atoms with Crippen LogP contribution in [-0.4, -0.2) is 57.4 Å². The molecule has 0 radical (unpaired) electrons. The molecule has 0 bridgehead atoms. The number of likely N-dealkylation sites (tertiary alicyclic amines) is 1. The van der Waals surface area contributed by atoms with Crippen molar-refractivity contribution in [2.45, 2.75) is 39.4 Å². The lowest BCUT2D eigenvalue weighted by Gasteiger charge is -2.19. The minimum atomic E-state index is -3.39. The van der Waals surface area contributed by atoms with Crippen molar-refractivity contribution in [3.05, 3.63) is 59.2 Å². The van der Waals surface area contributed by atoms with E-state index in [0.717, 1.165) is 11.1 Å². The van der Waals surface area contributed by atoms with Gasteiger partial charge < -0.3 is 14.4 Å². The van der Waals surface area contributed by atoms with Crippen molar-refractivity contribution in [3.63, 3.8) is 0 Å². The summed E-state index contributed by atoms with van der Waals surface area (Å²) in [5, 5.41) is 0. The number of methoxy groups -OCH3 is 1. The third kappa shape index (κ3) is 5.77. The van der Waals surface area contributed by atoms with Crippen LogP contribution < -0.4 is 9.46 Å². The summed E-state index contributed by atoms with van der Waals surface area (Å²) in [5.74, 6) is 0.530. The summed E-state index contributed by atoms with van der Waals surface area (Å²) in [6.07, 6.45) is -0.107. The molecule has 0 aromatic heterocycles. The Labute approximate surface area is 184 Å². The second kappa shape index (κ2) is 9.70. The fourth-order valence-corrected chi connectivity index (χ4v) is 4.82. The van der Waals surface area contributed by atoms with Gasteiger partial charge in [0.05, 0.1) is 24.5 Å². The van der Waals surface area contributed by atoms with Gasteiger partial charge in [-0.1, -0.05) is 30.7 Å². The molecule has 0 aliphatic carbocycles. The largest absolute Gasteiger partial charge is 0.486 e. The maximum Gasteiger partial charge on any atom is 0.254 e. The summed E-state index contributed by atoms with van der Waals surface area (Å²) in [4.78, 5) is 14.8. The molecule has 0 saturated carbocycles. The van der Waals surface area contributed by atoms with Crippen molar-refractivity contribution in [2.75, 3.05) is 30.7 Å². The molecule has 1 aliphatic rings. The fourth-order valence-electron chi connectivity index (χ4n) is 3.69. The van der Waals surface area contributed by atoms with E-state index in [9.17, 15) is 13.2 Å². The lowest BCUT2D eigenvalue weighted by molar-refractivity contribution is 0.0340. The van der Waals surface area contributed by atoms with Gasteiger partial charge in [-0.15, -0.1) is 0 Å². The third-order valence-electron chi connectivity index (χ3n) is 5.30. The number of amides is 1.